The molecule has 0 saturated carbocycles. The number of carbonyl (C=O) groups is 1. The number of H-pyrrole nitrogens is 1. The van der Waals surface area contributed by atoms with Crippen molar-refractivity contribution in [3.8, 4) is 0 Å². The maximum absolute atomic E-state index is 12.3. The SMILES string of the molecule is CCNC1COCC1C(=O)Nc1ccc2cn[nH]c2c1. The van der Waals surface area contributed by atoms with E-state index >= 15 is 0 Å². The minimum absolute atomic E-state index is 0.00712. The molecule has 2 heterocycles. The lowest BCUT2D eigenvalue weighted by atomic mass is 10.0. The molecule has 2 aromatic rings. The van der Waals surface area contributed by atoms with Crippen LogP contribution in [-0.4, -0.2) is 41.9 Å². The molecule has 0 radical (unpaired) electrons. The molecule has 6 nitrogen and oxygen atoms in total. The number of nitrogens with zero attached hydrogens (tertiary/aromatic N) is 1. The molecule has 1 aliphatic rings. The lowest BCUT2D eigenvalue weighted by Crippen LogP contribution is -2.41. The molecule has 20 heavy (non-hydrogen) atoms. The summed E-state index contributed by atoms with van der Waals surface area (Å²) in [5.41, 5.74) is 1.68. The number of benzene rings is 1. The average Bonchev–Trinajstić information content (AvgIpc) is 3.07. The van der Waals surface area contributed by atoms with Crippen LogP contribution in [0.15, 0.2) is 24.4 Å². The van der Waals surface area contributed by atoms with Gasteiger partial charge < -0.3 is 15.4 Å². The molecule has 1 aromatic heterocycles. The summed E-state index contributed by atoms with van der Waals surface area (Å²) in [7, 11) is 0. The molecule has 1 saturated heterocycles. The van der Waals surface area contributed by atoms with E-state index in [0.717, 1.165) is 23.1 Å². The Bertz CT molecular complexity index is 610. The smallest absolute Gasteiger partial charge is 0.231 e. The van der Waals surface area contributed by atoms with Crippen LogP contribution in [-0.2, 0) is 9.53 Å². The fourth-order valence-electron chi connectivity index (χ4n) is 2.53. The number of anilines is 1. The normalized spacial score (nSPS) is 22.2. The maximum Gasteiger partial charge on any atom is 0.231 e. The van der Waals surface area contributed by atoms with Gasteiger partial charge >= 0.3 is 0 Å². The van der Waals surface area contributed by atoms with Gasteiger partial charge in [-0.05, 0) is 24.7 Å². The second-order valence-corrected chi connectivity index (χ2v) is 4.97. The zero-order chi connectivity index (χ0) is 13.9. The van der Waals surface area contributed by atoms with Crippen molar-refractivity contribution in [2.75, 3.05) is 25.1 Å². The second kappa shape index (κ2) is 5.60. The van der Waals surface area contributed by atoms with Gasteiger partial charge in [0, 0.05) is 17.1 Å². The van der Waals surface area contributed by atoms with E-state index in [1.165, 1.54) is 0 Å². The highest BCUT2D eigenvalue weighted by Crippen LogP contribution is 2.20. The summed E-state index contributed by atoms with van der Waals surface area (Å²) >= 11 is 0. The van der Waals surface area contributed by atoms with Gasteiger partial charge in [-0.2, -0.15) is 5.10 Å². The molecule has 1 fully saturated rings. The highest BCUT2D eigenvalue weighted by Gasteiger charge is 2.33. The number of aromatic amines is 1. The zero-order valence-corrected chi connectivity index (χ0v) is 11.3. The number of fused-ring (bicyclic) bond motifs is 1. The van der Waals surface area contributed by atoms with Crippen LogP contribution in [0.4, 0.5) is 5.69 Å². The van der Waals surface area contributed by atoms with Crippen molar-refractivity contribution in [2.45, 2.75) is 13.0 Å². The number of likely N-dealkylation sites (N-methyl/N-ethyl adjacent to an activating group) is 1. The topological polar surface area (TPSA) is 79.0 Å². The highest BCUT2D eigenvalue weighted by atomic mass is 16.5. The van der Waals surface area contributed by atoms with Crippen LogP contribution in [0.3, 0.4) is 0 Å². The quantitative estimate of drug-likeness (QED) is 0.781. The highest BCUT2D eigenvalue weighted by molar-refractivity contribution is 5.95. The molecule has 6 heteroatoms. The molecule has 1 amide bonds. The van der Waals surface area contributed by atoms with Crippen molar-refractivity contribution in [2.24, 2.45) is 5.92 Å². The van der Waals surface area contributed by atoms with Gasteiger partial charge in [0.25, 0.3) is 0 Å². The lowest BCUT2D eigenvalue weighted by molar-refractivity contribution is -0.120. The molecule has 3 N–H and O–H groups in total. The number of rotatable bonds is 4. The summed E-state index contributed by atoms with van der Waals surface area (Å²) in [5.74, 6) is -0.153. The van der Waals surface area contributed by atoms with Gasteiger partial charge in [-0.25, -0.2) is 0 Å². The molecule has 2 unspecified atom stereocenters. The largest absolute Gasteiger partial charge is 0.379 e. The van der Waals surface area contributed by atoms with Crippen LogP contribution in [0.5, 0.6) is 0 Å². The number of hydrogen-bond donors (Lipinski definition) is 3. The van der Waals surface area contributed by atoms with Crippen molar-refractivity contribution in [3.63, 3.8) is 0 Å². The summed E-state index contributed by atoms with van der Waals surface area (Å²) in [6.45, 7) is 3.92. The Kier molecular flexibility index (Phi) is 3.66. The van der Waals surface area contributed by atoms with Gasteiger partial charge in [-0.15, -0.1) is 0 Å². The van der Waals surface area contributed by atoms with Crippen molar-refractivity contribution >= 4 is 22.5 Å². The molecular formula is C14H18N4O2. The zero-order valence-electron chi connectivity index (χ0n) is 11.3. The summed E-state index contributed by atoms with van der Waals surface area (Å²) in [6.07, 6.45) is 1.76. The van der Waals surface area contributed by atoms with E-state index in [-0.39, 0.29) is 17.9 Å². The fourth-order valence-corrected chi connectivity index (χ4v) is 2.53. The summed E-state index contributed by atoms with van der Waals surface area (Å²) < 4.78 is 5.40. The Morgan fingerprint density at radius 1 is 1.50 bits per heavy atom. The van der Waals surface area contributed by atoms with Crippen molar-refractivity contribution in [1.29, 1.82) is 0 Å². The van der Waals surface area contributed by atoms with Gasteiger partial charge in [0.1, 0.15) is 0 Å². The Morgan fingerprint density at radius 3 is 3.25 bits per heavy atom. The molecule has 2 atom stereocenters. The first-order chi connectivity index (χ1) is 9.78. The number of hydrogen-bond acceptors (Lipinski definition) is 4. The molecule has 0 bridgehead atoms. The van der Waals surface area contributed by atoms with E-state index < -0.39 is 0 Å². The third-order valence-corrected chi connectivity index (χ3v) is 3.59. The van der Waals surface area contributed by atoms with Crippen LogP contribution >= 0.6 is 0 Å². The molecule has 1 aliphatic heterocycles. The number of carbonyl (C=O) groups excluding carboxylic acids is 1. The van der Waals surface area contributed by atoms with Crippen molar-refractivity contribution in [3.05, 3.63) is 24.4 Å². The first-order valence-electron chi connectivity index (χ1n) is 6.83. The Hall–Kier alpha value is -1.92. The van der Waals surface area contributed by atoms with Crippen LogP contribution < -0.4 is 10.6 Å². The third-order valence-electron chi connectivity index (χ3n) is 3.59. The average molecular weight is 274 g/mol. The van der Waals surface area contributed by atoms with Crippen LogP contribution in [0.25, 0.3) is 10.9 Å². The standard InChI is InChI=1S/C14H18N4O2/c1-2-15-13-8-20-7-11(13)14(19)17-10-4-3-9-6-16-18-12(9)5-10/h3-6,11,13,15H,2,7-8H2,1H3,(H,16,18)(H,17,19). The molecule has 0 spiro atoms. The minimum atomic E-state index is -0.146. The summed E-state index contributed by atoms with van der Waals surface area (Å²) in [6, 6.07) is 5.80. The number of nitrogens with one attached hydrogen (secondary N) is 3. The maximum atomic E-state index is 12.3. The number of aromatic nitrogens is 2. The van der Waals surface area contributed by atoms with Crippen LogP contribution in [0.2, 0.25) is 0 Å². The summed E-state index contributed by atoms with van der Waals surface area (Å²) in [4.78, 5) is 12.3. The minimum Gasteiger partial charge on any atom is -0.379 e. The van der Waals surface area contributed by atoms with E-state index in [4.69, 9.17) is 4.74 Å². The van der Waals surface area contributed by atoms with E-state index in [1.54, 1.807) is 6.20 Å². The van der Waals surface area contributed by atoms with E-state index in [2.05, 4.69) is 20.8 Å². The van der Waals surface area contributed by atoms with E-state index in [0.29, 0.717) is 13.2 Å². The Morgan fingerprint density at radius 2 is 2.40 bits per heavy atom. The molecule has 0 aliphatic carbocycles. The number of ether oxygens (including phenoxy) is 1. The monoisotopic (exact) mass is 274 g/mol. The summed E-state index contributed by atoms with van der Waals surface area (Å²) in [5, 5.41) is 14.1. The third kappa shape index (κ3) is 2.52. The predicted octanol–water partition coefficient (Wildman–Crippen LogP) is 1.13. The second-order valence-electron chi connectivity index (χ2n) is 4.97. The first kappa shape index (κ1) is 13.1. The van der Waals surface area contributed by atoms with Crippen LogP contribution in [0, 0.1) is 5.92 Å². The Labute approximate surface area is 116 Å². The molecular weight excluding hydrogens is 256 g/mol. The van der Waals surface area contributed by atoms with E-state index in [9.17, 15) is 4.79 Å². The lowest BCUT2D eigenvalue weighted by Gasteiger charge is -2.17. The fraction of sp³-hybridized carbons (Fsp3) is 0.429. The Balaban J connectivity index is 1.71. The molecule has 3 rings (SSSR count). The van der Waals surface area contributed by atoms with Gasteiger partial charge in [0.2, 0.25) is 5.91 Å². The molecule has 1 aromatic carbocycles. The van der Waals surface area contributed by atoms with Gasteiger partial charge in [0.05, 0.1) is 30.8 Å². The van der Waals surface area contributed by atoms with Gasteiger partial charge in [-0.3, -0.25) is 9.89 Å². The van der Waals surface area contributed by atoms with Crippen LogP contribution in [0.1, 0.15) is 6.92 Å². The van der Waals surface area contributed by atoms with E-state index in [1.807, 2.05) is 25.1 Å². The van der Waals surface area contributed by atoms with Crippen molar-refractivity contribution < 1.29 is 9.53 Å². The van der Waals surface area contributed by atoms with Crippen molar-refractivity contribution in [1.82, 2.24) is 15.5 Å². The number of amides is 1. The molecule has 106 valence electrons. The predicted molar refractivity (Wildman–Crippen MR) is 76.5 cm³/mol. The van der Waals surface area contributed by atoms with Gasteiger partial charge in [-0.1, -0.05) is 6.92 Å². The first-order valence-corrected chi connectivity index (χ1v) is 6.83. The van der Waals surface area contributed by atoms with Gasteiger partial charge in [0.15, 0.2) is 0 Å².